The Labute approximate surface area is 168 Å². The highest BCUT2D eigenvalue weighted by molar-refractivity contribution is 7.89. The van der Waals surface area contributed by atoms with Crippen LogP contribution in [0.1, 0.15) is 33.6 Å². The molecule has 27 heavy (non-hydrogen) atoms. The summed E-state index contributed by atoms with van der Waals surface area (Å²) in [5, 5.41) is 0. The SMILES string of the molecule is O=C(c1ccc(Cl)s1)N1CCN(S(=O)(=O)c2ccc3c(c2)CCCC3)CC1. The van der Waals surface area contributed by atoms with Crippen molar-refractivity contribution in [3.05, 3.63) is 50.7 Å². The lowest BCUT2D eigenvalue weighted by molar-refractivity contribution is 0.0703. The van der Waals surface area contributed by atoms with Gasteiger partial charge in [-0.3, -0.25) is 4.79 Å². The Morgan fingerprint density at radius 1 is 0.963 bits per heavy atom. The molecular weight excluding hydrogens is 404 g/mol. The van der Waals surface area contributed by atoms with Crippen molar-refractivity contribution in [2.75, 3.05) is 26.2 Å². The summed E-state index contributed by atoms with van der Waals surface area (Å²) < 4.78 is 28.1. The van der Waals surface area contributed by atoms with Crippen molar-refractivity contribution >= 4 is 38.9 Å². The minimum absolute atomic E-state index is 0.0854. The van der Waals surface area contributed by atoms with Crippen LogP contribution in [0.15, 0.2) is 35.2 Å². The van der Waals surface area contributed by atoms with Gasteiger partial charge in [0, 0.05) is 26.2 Å². The normalized spacial score (nSPS) is 18.3. The molecule has 2 aromatic rings. The van der Waals surface area contributed by atoms with Crippen LogP contribution in [0.3, 0.4) is 0 Å². The van der Waals surface area contributed by atoms with Crippen LogP contribution in [0.2, 0.25) is 4.34 Å². The highest BCUT2D eigenvalue weighted by Gasteiger charge is 2.31. The molecule has 0 N–H and O–H groups in total. The van der Waals surface area contributed by atoms with Gasteiger partial charge in [0.1, 0.15) is 0 Å². The van der Waals surface area contributed by atoms with Gasteiger partial charge in [-0.1, -0.05) is 17.7 Å². The number of carbonyl (C=O) groups excluding carboxylic acids is 1. The lowest BCUT2D eigenvalue weighted by atomic mass is 9.92. The second-order valence-corrected chi connectivity index (χ2v) is 10.6. The molecule has 0 spiro atoms. The fraction of sp³-hybridized carbons (Fsp3) is 0.421. The zero-order valence-electron chi connectivity index (χ0n) is 14.9. The van der Waals surface area contributed by atoms with Gasteiger partial charge >= 0.3 is 0 Å². The van der Waals surface area contributed by atoms with Gasteiger partial charge in [0.15, 0.2) is 0 Å². The monoisotopic (exact) mass is 424 g/mol. The number of rotatable bonds is 3. The molecule has 2 aliphatic rings. The van der Waals surface area contributed by atoms with E-state index in [2.05, 4.69) is 0 Å². The molecule has 8 heteroatoms. The summed E-state index contributed by atoms with van der Waals surface area (Å²) in [5.41, 5.74) is 2.43. The van der Waals surface area contributed by atoms with Gasteiger partial charge in [-0.15, -0.1) is 11.3 Å². The third-order valence-corrected chi connectivity index (χ3v) is 8.38. The summed E-state index contributed by atoms with van der Waals surface area (Å²) in [4.78, 5) is 15.2. The summed E-state index contributed by atoms with van der Waals surface area (Å²) in [6.45, 7) is 1.39. The molecule has 1 amide bonds. The van der Waals surface area contributed by atoms with Gasteiger partial charge in [-0.05, 0) is 61.1 Å². The summed E-state index contributed by atoms with van der Waals surface area (Å²) in [5.74, 6) is -0.0854. The number of thiophene rings is 1. The van der Waals surface area contributed by atoms with Gasteiger partial charge < -0.3 is 4.90 Å². The Hall–Kier alpha value is -1.41. The summed E-state index contributed by atoms with van der Waals surface area (Å²) in [6, 6.07) is 8.95. The van der Waals surface area contributed by atoms with Crippen molar-refractivity contribution in [2.24, 2.45) is 0 Å². The number of fused-ring (bicyclic) bond motifs is 1. The van der Waals surface area contributed by atoms with Gasteiger partial charge in [0.2, 0.25) is 10.0 Å². The number of nitrogens with zero attached hydrogens (tertiary/aromatic N) is 2. The predicted molar refractivity (Wildman–Crippen MR) is 107 cm³/mol. The second-order valence-electron chi connectivity index (χ2n) is 6.94. The molecule has 1 aromatic heterocycles. The first-order valence-electron chi connectivity index (χ1n) is 9.12. The van der Waals surface area contributed by atoms with E-state index in [1.807, 2.05) is 12.1 Å². The molecule has 1 aromatic carbocycles. The van der Waals surface area contributed by atoms with Gasteiger partial charge in [0.25, 0.3) is 5.91 Å². The van der Waals surface area contributed by atoms with Crippen molar-refractivity contribution < 1.29 is 13.2 Å². The molecule has 0 unspecified atom stereocenters. The number of amides is 1. The molecule has 1 aliphatic heterocycles. The Morgan fingerprint density at radius 3 is 2.33 bits per heavy atom. The van der Waals surface area contributed by atoms with Crippen LogP contribution in [-0.4, -0.2) is 49.7 Å². The summed E-state index contributed by atoms with van der Waals surface area (Å²) >= 11 is 7.15. The number of carbonyl (C=O) groups is 1. The smallest absolute Gasteiger partial charge is 0.264 e. The molecule has 1 fully saturated rings. The number of hydrogen-bond donors (Lipinski definition) is 0. The first-order chi connectivity index (χ1) is 12.9. The van der Waals surface area contributed by atoms with E-state index >= 15 is 0 Å². The second kappa shape index (κ2) is 7.54. The van der Waals surface area contributed by atoms with Gasteiger partial charge in [-0.25, -0.2) is 8.42 Å². The van der Waals surface area contributed by atoms with Crippen LogP contribution in [0, 0.1) is 0 Å². The van der Waals surface area contributed by atoms with Crippen LogP contribution in [0.25, 0.3) is 0 Å². The number of benzene rings is 1. The van der Waals surface area contributed by atoms with Crippen molar-refractivity contribution in [2.45, 2.75) is 30.6 Å². The number of halogens is 1. The molecular formula is C19H21ClN2O3S2. The molecule has 0 radical (unpaired) electrons. The van der Waals surface area contributed by atoms with E-state index in [4.69, 9.17) is 11.6 Å². The lowest BCUT2D eigenvalue weighted by Gasteiger charge is -2.34. The molecule has 0 bridgehead atoms. The van der Waals surface area contributed by atoms with Crippen molar-refractivity contribution in [3.63, 3.8) is 0 Å². The standard InChI is InChI=1S/C19H21ClN2O3S2/c20-18-8-7-17(26-18)19(23)21-9-11-22(12-10-21)27(24,25)16-6-5-14-3-1-2-4-15(14)13-16/h5-8,13H,1-4,9-12H2. The average Bonchev–Trinajstić information content (AvgIpc) is 3.13. The molecule has 1 saturated heterocycles. The maximum Gasteiger partial charge on any atom is 0.264 e. The molecule has 0 atom stereocenters. The highest BCUT2D eigenvalue weighted by Crippen LogP contribution is 2.27. The number of aryl methyl sites for hydroxylation is 2. The van der Waals surface area contributed by atoms with Crippen molar-refractivity contribution in [3.8, 4) is 0 Å². The number of sulfonamides is 1. The highest BCUT2D eigenvalue weighted by atomic mass is 35.5. The Bertz CT molecular complexity index is 963. The molecule has 144 valence electrons. The van der Waals surface area contributed by atoms with Gasteiger partial charge in [-0.2, -0.15) is 4.31 Å². The van der Waals surface area contributed by atoms with E-state index in [0.29, 0.717) is 40.3 Å². The van der Waals surface area contributed by atoms with Crippen molar-refractivity contribution in [1.82, 2.24) is 9.21 Å². The van der Waals surface area contributed by atoms with Crippen LogP contribution in [-0.2, 0) is 22.9 Å². The van der Waals surface area contributed by atoms with E-state index in [9.17, 15) is 13.2 Å². The molecule has 5 nitrogen and oxygen atoms in total. The lowest BCUT2D eigenvalue weighted by Crippen LogP contribution is -2.50. The number of hydrogen-bond acceptors (Lipinski definition) is 4. The van der Waals surface area contributed by atoms with E-state index in [1.54, 1.807) is 23.1 Å². The van der Waals surface area contributed by atoms with E-state index in [0.717, 1.165) is 24.8 Å². The van der Waals surface area contributed by atoms with Crippen LogP contribution >= 0.6 is 22.9 Å². The summed E-state index contributed by atoms with van der Waals surface area (Å²) in [7, 11) is -3.53. The molecule has 4 rings (SSSR count). The molecule has 0 saturated carbocycles. The minimum atomic E-state index is -3.53. The average molecular weight is 425 g/mol. The Kier molecular flexibility index (Phi) is 5.29. The van der Waals surface area contributed by atoms with E-state index in [-0.39, 0.29) is 5.91 Å². The van der Waals surface area contributed by atoms with Crippen molar-refractivity contribution in [1.29, 1.82) is 0 Å². The number of piperazine rings is 1. The first kappa shape index (κ1) is 18.9. The van der Waals surface area contributed by atoms with E-state index in [1.165, 1.54) is 27.6 Å². The predicted octanol–water partition coefficient (Wildman–Crippen LogP) is 3.43. The van der Waals surface area contributed by atoms with Crippen LogP contribution in [0.4, 0.5) is 0 Å². The third kappa shape index (κ3) is 3.78. The zero-order valence-corrected chi connectivity index (χ0v) is 17.2. The quantitative estimate of drug-likeness (QED) is 0.758. The van der Waals surface area contributed by atoms with Crippen LogP contribution in [0.5, 0.6) is 0 Å². The first-order valence-corrected chi connectivity index (χ1v) is 11.8. The van der Waals surface area contributed by atoms with E-state index < -0.39 is 10.0 Å². The maximum absolute atomic E-state index is 13.0. The summed E-state index contributed by atoms with van der Waals surface area (Å²) in [6.07, 6.45) is 4.27. The Morgan fingerprint density at radius 2 is 1.67 bits per heavy atom. The largest absolute Gasteiger partial charge is 0.335 e. The topological polar surface area (TPSA) is 57.7 Å². The maximum atomic E-state index is 13.0. The fourth-order valence-electron chi connectivity index (χ4n) is 3.74. The van der Waals surface area contributed by atoms with Crippen LogP contribution < -0.4 is 0 Å². The minimum Gasteiger partial charge on any atom is -0.335 e. The molecule has 2 heterocycles. The third-order valence-electron chi connectivity index (χ3n) is 5.27. The van der Waals surface area contributed by atoms with Gasteiger partial charge in [0.05, 0.1) is 14.1 Å². The fourth-order valence-corrected chi connectivity index (χ4v) is 6.22. The Balaban J connectivity index is 1.46. The zero-order chi connectivity index (χ0) is 19.0. The molecule has 1 aliphatic carbocycles.